The first-order chi connectivity index (χ1) is 14.4. The Morgan fingerprint density at radius 1 is 1.07 bits per heavy atom. The zero-order valence-corrected chi connectivity index (χ0v) is 16.9. The van der Waals surface area contributed by atoms with Gasteiger partial charge < -0.3 is 15.0 Å². The van der Waals surface area contributed by atoms with Crippen molar-refractivity contribution in [3.63, 3.8) is 0 Å². The van der Waals surface area contributed by atoms with Gasteiger partial charge in [0.05, 0.1) is 34.1 Å². The largest absolute Gasteiger partial charge is 0.464 e. The number of halogens is 2. The second-order valence-corrected chi connectivity index (χ2v) is 7.27. The van der Waals surface area contributed by atoms with Gasteiger partial charge in [0.25, 0.3) is 11.8 Å². The summed E-state index contributed by atoms with van der Waals surface area (Å²) in [6, 6.07) is 2.63. The highest BCUT2D eigenvalue weighted by molar-refractivity contribution is 6.43. The molecule has 3 heterocycles. The molecule has 0 atom stereocenters. The quantitative estimate of drug-likeness (QED) is 0.343. The molecule has 0 saturated heterocycles. The van der Waals surface area contributed by atoms with E-state index < -0.39 is 24.3 Å². The van der Waals surface area contributed by atoms with Gasteiger partial charge in [0.2, 0.25) is 0 Å². The summed E-state index contributed by atoms with van der Waals surface area (Å²) in [5, 5.41) is 0.306. The zero-order chi connectivity index (χ0) is 21.4. The summed E-state index contributed by atoms with van der Waals surface area (Å²) in [5.41, 5.74) is 7.04. The third-order valence-electron chi connectivity index (χ3n) is 4.53. The van der Waals surface area contributed by atoms with Crippen LogP contribution in [0.1, 0.15) is 27.1 Å². The number of aromatic nitrogens is 4. The second kappa shape index (κ2) is 7.88. The van der Waals surface area contributed by atoms with Gasteiger partial charge in [0.15, 0.2) is 11.5 Å². The molecule has 0 bridgehead atoms. The van der Waals surface area contributed by atoms with E-state index in [9.17, 15) is 14.4 Å². The Labute approximate surface area is 179 Å². The van der Waals surface area contributed by atoms with Crippen LogP contribution >= 0.6 is 23.2 Å². The molecule has 12 heteroatoms. The van der Waals surface area contributed by atoms with Gasteiger partial charge in [-0.25, -0.2) is 15.0 Å². The monoisotopic (exact) mass is 448 g/mol. The Morgan fingerprint density at radius 3 is 2.40 bits per heavy atom. The van der Waals surface area contributed by atoms with Crippen molar-refractivity contribution in [2.75, 3.05) is 18.9 Å². The summed E-state index contributed by atoms with van der Waals surface area (Å²) in [6.45, 7) is 0.0590. The number of hydrogen-bond acceptors (Lipinski definition) is 8. The molecule has 2 N–H and O–H groups in total. The number of aryl methyl sites for hydroxylation is 1. The van der Waals surface area contributed by atoms with E-state index in [1.165, 1.54) is 18.5 Å². The fourth-order valence-electron chi connectivity index (χ4n) is 3.09. The van der Waals surface area contributed by atoms with E-state index in [1.807, 2.05) is 0 Å². The molecule has 30 heavy (non-hydrogen) atoms. The lowest BCUT2D eigenvalue weighted by molar-refractivity contribution is -0.144. The molecular weight excluding hydrogens is 435 g/mol. The minimum Gasteiger partial charge on any atom is -0.464 e. The van der Waals surface area contributed by atoms with Crippen LogP contribution in [0, 0.1) is 0 Å². The molecule has 0 spiro atoms. The number of esters is 1. The molecule has 4 rings (SSSR count). The van der Waals surface area contributed by atoms with Crippen molar-refractivity contribution in [1.82, 2.24) is 24.4 Å². The van der Waals surface area contributed by atoms with Crippen LogP contribution in [-0.4, -0.2) is 55.4 Å². The van der Waals surface area contributed by atoms with Crippen LogP contribution in [0.25, 0.3) is 11.2 Å². The molecule has 1 aromatic carbocycles. The molecule has 0 fully saturated rings. The smallest absolute Gasteiger partial charge is 0.326 e. The first kappa shape index (κ1) is 20.0. The van der Waals surface area contributed by atoms with Crippen molar-refractivity contribution < 1.29 is 19.1 Å². The SMILES string of the molecule is Nc1ncnc2c1ncn2CCCOC(=O)CN1C(=O)c2cc(Cl)c(Cl)cc2C1=O. The van der Waals surface area contributed by atoms with Gasteiger partial charge in [-0.3, -0.25) is 19.3 Å². The van der Waals surface area contributed by atoms with Gasteiger partial charge in [-0.05, 0) is 18.6 Å². The Balaban J connectivity index is 1.31. The van der Waals surface area contributed by atoms with E-state index in [1.54, 1.807) is 10.9 Å². The molecule has 3 aromatic rings. The number of nitrogen functional groups attached to an aromatic ring is 1. The Morgan fingerprint density at radius 2 is 1.73 bits per heavy atom. The number of ether oxygens (including phenoxy) is 1. The van der Waals surface area contributed by atoms with E-state index in [-0.39, 0.29) is 33.6 Å². The molecule has 1 aliphatic rings. The lowest BCUT2D eigenvalue weighted by atomic mass is 10.1. The number of benzene rings is 1. The zero-order valence-electron chi connectivity index (χ0n) is 15.3. The molecule has 0 saturated carbocycles. The fraction of sp³-hybridized carbons (Fsp3) is 0.222. The average Bonchev–Trinajstić information content (AvgIpc) is 3.22. The van der Waals surface area contributed by atoms with E-state index in [4.69, 9.17) is 33.7 Å². The summed E-state index contributed by atoms with van der Waals surface area (Å²) >= 11 is 11.8. The number of hydrogen-bond donors (Lipinski definition) is 1. The van der Waals surface area contributed by atoms with Crippen LogP contribution < -0.4 is 5.73 Å². The van der Waals surface area contributed by atoms with Crippen molar-refractivity contribution >= 4 is 58.0 Å². The van der Waals surface area contributed by atoms with Crippen LogP contribution in [0.5, 0.6) is 0 Å². The van der Waals surface area contributed by atoms with Gasteiger partial charge in [0.1, 0.15) is 18.4 Å². The van der Waals surface area contributed by atoms with Crippen LogP contribution in [-0.2, 0) is 16.1 Å². The molecule has 0 radical (unpaired) electrons. The minimum atomic E-state index is -0.705. The first-order valence-corrected chi connectivity index (χ1v) is 9.54. The van der Waals surface area contributed by atoms with Crippen molar-refractivity contribution in [2.24, 2.45) is 0 Å². The molecule has 0 aliphatic carbocycles. The lowest BCUT2D eigenvalue weighted by Gasteiger charge is -2.13. The molecule has 1 aliphatic heterocycles. The number of carbonyl (C=O) groups excluding carboxylic acids is 3. The molecule has 10 nitrogen and oxygen atoms in total. The van der Waals surface area contributed by atoms with Gasteiger partial charge in [-0.2, -0.15) is 0 Å². The molecule has 0 unspecified atom stereocenters. The van der Waals surface area contributed by atoms with Crippen molar-refractivity contribution in [2.45, 2.75) is 13.0 Å². The molecular formula is C18H14Cl2N6O4. The average molecular weight is 449 g/mol. The third-order valence-corrected chi connectivity index (χ3v) is 5.26. The van der Waals surface area contributed by atoms with E-state index in [0.29, 0.717) is 24.1 Å². The van der Waals surface area contributed by atoms with E-state index >= 15 is 0 Å². The number of anilines is 1. The highest BCUT2D eigenvalue weighted by Gasteiger charge is 2.37. The van der Waals surface area contributed by atoms with E-state index in [0.717, 1.165) is 4.90 Å². The van der Waals surface area contributed by atoms with Crippen molar-refractivity contribution in [3.05, 3.63) is 46.0 Å². The Bertz CT molecular complexity index is 1150. The number of nitrogens with two attached hydrogens (primary N) is 1. The van der Waals surface area contributed by atoms with Gasteiger partial charge in [0, 0.05) is 6.54 Å². The number of amides is 2. The van der Waals surface area contributed by atoms with Gasteiger partial charge >= 0.3 is 5.97 Å². The topological polar surface area (TPSA) is 133 Å². The van der Waals surface area contributed by atoms with Crippen LogP contribution in [0.3, 0.4) is 0 Å². The summed E-state index contributed by atoms with van der Waals surface area (Å²) in [7, 11) is 0. The fourth-order valence-corrected chi connectivity index (χ4v) is 3.41. The maximum atomic E-state index is 12.4. The van der Waals surface area contributed by atoms with Crippen LogP contribution in [0.4, 0.5) is 5.82 Å². The predicted octanol–water partition coefficient (Wildman–Crippen LogP) is 1.94. The second-order valence-electron chi connectivity index (χ2n) is 6.45. The predicted molar refractivity (Wildman–Crippen MR) is 107 cm³/mol. The van der Waals surface area contributed by atoms with Crippen molar-refractivity contribution in [3.8, 4) is 0 Å². The summed E-state index contributed by atoms with van der Waals surface area (Å²) in [4.78, 5) is 49.9. The van der Waals surface area contributed by atoms with Gasteiger partial charge in [-0.1, -0.05) is 23.2 Å². The summed E-state index contributed by atoms with van der Waals surface area (Å²) in [6.07, 6.45) is 3.39. The highest BCUT2D eigenvalue weighted by Crippen LogP contribution is 2.31. The maximum absolute atomic E-state index is 12.4. The molecule has 154 valence electrons. The van der Waals surface area contributed by atoms with Crippen LogP contribution in [0.15, 0.2) is 24.8 Å². The summed E-state index contributed by atoms with van der Waals surface area (Å²) in [5.74, 6) is -1.65. The first-order valence-electron chi connectivity index (χ1n) is 8.79. The lowest BCUT2D eigenvalue weighted by Crippen LogP contribution is -2.35. The number of rotatable bonds is 6. The minimum absolute atomic E-state index is 0.0832. The maximum Gasteiger partial charge on any atom is 0.326 e. The summed E-state index contributed by atoms with van der Waals surface area (Å²) < 4.78 is 6.92. The van der Waals surface area contributed by atoms with Crippen molar-refractivity contribution in [1.29, 1.82) is 0 Å². The van der Waals surface area contributed by atoms with Crippen LogP contribution in [0.2, 0.25) is 10.0 Å². The standard InChI is InChI=1S/C18H14Cl2N6O4/c19-11-4-9-10(5-12(11)20)18(29)26(17(9)28)6-13(27)30-3-1-2-25-8-24-14-15(21)22-7-23-16(14)25/h4-5,7-8H,1-3,6H2,(H2,21,22,23). The Hall–Kier alpha value is -3.24. The number of imidazole rings is 1. The normalized spacial score (nSPS) is 13.2. The number of nitrogens with zero attached hydrogens (tertiary/aromatic N) is 5. The third kappa shape index (κ3) is 3.55. The Kier molecular flexibility index (Phi) is 5.27. The number of imide groups is 1. The van der Waals surface area contributed by atoms with Gasteiger partial charge in [-0.15, -0.1) is 0 Å². The van der Waals surface area contributed by atoms with E-state index in [2.05, 4.69) is 15.0 Å². The highest BCUT2D eigenvalue weighted by atomic mass is 35.5. The molecule has 2 aromatic heterocycles. The number of fused-ring (bicyclic) bond motifs is 2. The molecule has 2 amide bonds. The number of carbonyl (C=O) groups is 3.